The second-order valence-corrected chi connectivity index (χ2v) is 6.55. The summed E-state index contributed by atoms with van der Waals surface area (Å²) in [5.41, 5.74) is 0. The first-order chi connectivity index (χ1) is 9.13. The summed E-state index contributed by atoms with van der Waals surface area (Å²) in [6.45, 7) is 15.4. The Labute approximate surface area is 121 Å². The Morgan fingerprint density at radius 2 is 1.74 bits per heavy atom. The second-order valence-electron chi connectivity index (χ2n) is 6.55. The molecular weight excluding hydrogens is 232 g/mol. The molecule has 19 heavy (non-hydrogen) atoms. The molecule has 1 aliphatic heterocycles. The molecule has 2 unspecified atom stereocenters. The minimum absolute atomic E-state index is 0.690. The highest BCUT2D eigenvalue weighted by Crippen LogP contribution is 2.27. The number of piperidine rings is 1. The number of likely N-dealkylation sites (N-methyl/N-ethyl adjacent to an activating group) is 1. The third kappa shape index (κ3) is 5.07. The highest BCUT2D eigenvalue weighted by Gasteiger charge is 2.29. The third-order valence-corrected chi connectivity index (χ3v) is 4.93. The van der Waals surface area contributed by atoms with Crippen LogP contribution in [0.4, 0.5) is 0 Å². The highest BCUT2D eigenvalue weighted by molar-refractivity contribution is 4.86. The van der Waals surface area contributed by atoms with Gasteiger partial charge in [0.15, 0.2) is 0 Å². The quantitative estimate of drug-likeness (QED) is 0.718. The van der Waals surface area contributed by atoms with Crippen molar-refractivity contribution >= 4 is 0 Å². The molecule has 114 valence electrons. The van der Waals surface area contributed by atoms with Crippen molar-refractivity contribution < 1.29 is 0 Å². The van der Waals surface area contributed by atoms with E-state index in [4.69, 9.17) is 0 Å². The minimum Gasteiger partial charge on any atom is -0.313 e. The molecule has 1 saturated heterocycles. The van der Waals surface area contributed by atoms with Crippen molar-refractivity contribution in [2.24, 2.45) is 11.8 Å². The fraction of sp³-hybridized carbons (Fsp3) is 1.00. The Kier molecular flexibility index (Phi) is 8.01. The normalized spacial score (nSPS) is 21.8. The molecule has 0 saturated carbocycles. The van der Waals surface area contributed by atoms with Crippen LogP contribution in [0.2, 0.25) is 0 Å². The monoisotopic (exact) mass is 268 g/mol. The molecule has 0 radical (unpaired) electrons. The van der Waals surface area contributed by atoms with Crippen LogP contribution in [0.3, 0.4) is 0 Å². The molecular formula is C17H36N2. The van der Waals surface area contributed by atoms with Gasteiger partial charge in [-0.05, 0) is 57.2 Å². The lowest BCUT2D eigenvalue weighted by Crippen LogP contribution is -2.52. The van der Waals surface area contributed by atoms with Gasteiger partial charge in [0.25, 0.3) is 0 Å². The summed E-state index contributed by atoms with van der Waals surface area (Å²) in [4.78, 5) is 2.77. The van der Waals surface area contributed by atoms with Crippen molar-refractivity contribution in [2.45, 2.75) is 78.8 Å². The van der Waals surface area contributed by atoms with Gasteiger partial charge >= 0.3 is 0 Å². The van der Waals surface area contributed by atoms with E-state index in [2.05, 4.69) is 44.8 Å². The molecule has 0 aromatic heterocycles. The average molecular weight is 268 g/mol. The maximum atomic E-state index is 3.72. The lowest BCUT2D eigenvalue weighted by molar-refractivity contribution is 0.0880. The zero-order chi connectivity index (χ0) is 14.3. The summed E-state index contributed by atoms with van der Waals surface area (Å²) in [5.74, 6) is 1.82. The van der Waals surface area contributed by atoms with Crippen LogP contribution in [0, 0.1) is 11.8 Å². The largest absolute Gasteiger partial charge is 0.313 e. The molecule has 0 aromatic carbocycles. The van der Waals surface area contributed by atoms with Gasteiger partial charge in [-0.2, -0.15) is 0 Å². The van der Waals surface area contributed by atoms with Crippen LogP contribution < -0.4 is 5.32 Å². The van der Waals surface area contributed by atoms with Gasteiger partial charge in [0.2, 0.25) is 0 Å². The van der Waals surface area contributed by atoms with Crippen LogP contribution in [-0.2, 0) is 0 Å². The summed E-state index contributed by atoms with van der Waals surface area (Å²) in [6.07, 6.45) is 6.69. The zero-order valence-electron chi connectivity index (χ0n) is 13.9. The lowest BCUT2D eigenvalue weighted by Gasteiger charge is -2.42. The first kappa shape index (κ1) is 17.0. The van der Waals surface area contributed by atoms with Gasteiger partial charge in [-0.15, -0.1) is 0 Å². The van der Waals surface area contributed by atoms with Gasteiger partial charge in [0.1, 0.15) is 0 Å². The third-order valence-electron chi connectivity index (χ3n) is 4.93. The van der Waals surface area contributed by atoms with Crippen LogP contribution in [0.5, 0.6) is 0 Å². The standard InChI is InChI=1S/C17H36N2/c1-6-9-16(18-8-3)17(7-2)19-12-10-15(11-13-19)14(4)5/h14-18H,6-13H2,1-5H3. The van der Waals surface area contributed by atoms with E-state index in [1.54, 1.807) is 0 Å². The maximum absolute atomic E-state index is 3.72. The number of hydrogen-bond acceptors (Lipinski definition) is 2. The van der Waals surface area contributed by atoms with Crippen LogP contribution >= 0.6 is 0 Å². The van der Waals surface area contributed by atoms with Crippen molar-refractivity contribution in [1.29, 1.82) is 0 Å². The van der Waals surface area contributed by atoms with E-state index in [1.165, 1.54) is 45.2 Å². The summed E-state index contributed by atoms with van der Waals surface area (Å²) >= 11 is 0. The van der Waals surface area contributed by atoms with E-state index in [1.807, 2.05) is 0 Å². The fourth-order valence-corrected chi connectivity index (χ4v) is 3.72. The topological polar surface area (TPSA) is 15.3 Å². The van der Waals surface area contributed by atoms with Crippen molar-refractivity contribution in [3.05, 3.63) is 0 Å². The second kappa shape index (κ2) is 8.97. The molecule has 0 bridgehead atoms. The Balaban J connectivity index is 2.54. The molecule has 2 atom stereocenters. The van der Waals surface area contributed by atoms with E-state index in [0.29, 0.717) is 6.04 Å². The molecule has 2 nitrogen and oxygen atoms in total. The first-order valence-electron chi connectivity index (χ1n) is 8.61. The summed E-state index contributed by atoms with van der Waals surface area (Å²) < 4.78 is 0. The molecule has 0 amide bonds. The van der Waals surface area contributed by atoms with E-state index < -0.39 is 0 Å². The molecule has 0 aromatic rings. The van der Waals surface area contributed by atoms with E-state index in [9.17, 15) is 0 Å². The van der Waals surface area contributed by atoms with Gasteiger partial charge < -0.3 is 5.32 Å². The van der Waals surface area contributed by atoms with Gasteiger partial charge in [0.05, 0.1) is 0 Å². The molecule has 1 heterocycles. The number of nitrogens with zero attached hydrogens (tertiary/aromatic N) is 1. The van der Waals surface area contributed by atoms with Crippen LogP contribution in [0.1, 0.15) is 66.7 Å². The molecule has 1 aliphatic rings. The number of hydrogen-bond donors (Lipinski definition) is 1. The maximum Gasteiger partial charge on any atom is 0.0246 e. The predicted octanol–water partition coefficient (Wildman–Crippen LogP) is 3.91. The Bertz CT molecular complexity index is 213. The lowest BCUT2D eigenvalue weighted by atomic mass is 9.85. The number of likely N-dealkylation sites (tertiary alicyclic amines) is 1. The van der Waals surface area contributed by atoms with Crippen molar-refractivity contribution in [3.63, 3.8) is 0 Å². The van der Waals surface area contributed by atoms with Gasteiger partial charge in [0, 0.05) is 12.1 Å². The van der Waals surface area contributed by atoms with Crippen LogP contribution in [-0.4, -0.2) is 36.6 Å². The number of rotatable bonds is 8. The molecule has 1 fully saturated rings. The Hall–Kier alpha value is -0.0800. The summed E-state index contributed by atoms with van der Waals surface area (Å²) in [5, 5.41) is 3.72. The minimum atomic E-state index is 0.690. The summed E-state index contributed by atoms with van der Waals surface area (Å²) in [6, 6.07) is 1.43. The van der Waals surface area contributed by atoms with Crippen molar-refractivity contribution in [3.8, 4) is 0 Å². The first-order valence-corrected chi connectivity index (χ1v) is 8.61. The fourth-order valence-electron chi connectivity index (χ4n) is 3.72. The Morgan fingerprint density at radius 3 is 2.16 bits per heavy atom. The predicted molar refractivity (Wildman–Crippen MR) is 85.6 cm³/mol. The smallest absolute Gasteiger partial charge is 0.0246 e. The van der Waals surface area contributed by atoms with Crippen LogP contribution in [0.15, 0.2) is 0 Å². The van der Waals surface area contributed by atoms with Gasteiger partial charge in [-0.25, -0.2) is 0 Å². The molecule has 1 rings (SSSR count). The summed E-state index contributed by atoms with van der Waals surface area (Å²) in [7, 11) is 0. The zero-order valence-corrected chi connectivity index (χ0v) is 13.9. The van der Waals surface area contributed by atoms with Crippen LogP contribution in [0.25, 0.3) is 0 Å². The van der Waals surface area contributed by atoms with Crippen molar-refractivity contribution in [2.75, 3.05) is 19.6 Å². The molecule has 2 heteroatoms. The molecule has 1 N–H and O–H groups in total. The SMILES string of the molecule is CCCC(NCC)C(CC)N1CCC(C(C)C)CC1. The van der Waals surface area contributed by atoms with E-state index in [-0.39, 0.29) is 0 Å². The van der Waals surface area contributed by atoms with Gasteiger partial charge in [-0.3, -0.25) is 4.90 Å². The average Bonchev–Trinajstić information content (AvgIpc) is 2.40. The van der Waals surface area contributed by atoms with Crippen molar-refractivity contribution in [1.82, 2.24) is 10.2 Å². The molecule has 0 spiro atoms. The highest BCUT2D eigenvalue weighted by atomic mass is 15.2. The van der Waals surface area contributed by atoms with Gasteiger partial charge in [-0.1, -0.05) is 41.0 Å². The van der Waals surface area contributed by atoms with E-state index >= 15 is 0 Å². The Morgan fingerprint density at radius 1 is 1.11 bits per heavy atom. The molecule has 0 aliphatic carbocycles. The van der Waals surface area contributed by atoms with E-state index in [0.717, 1.165) is 24.4 Å². The number of nitrogens with one attached hydrogen (secondary N) is 1.